The van der Waals surface area contributed by atoms with Crippen LogP contribution in [0.3, 0.4) is 0 Å². The second-order valence-corrected chi connectivity index (χ2v) is 6.80. The van der Waals surface area contributed by atoms with Crippen molar-refractivity contribution in [2.24, 2.45) is 5.92 Å². The van der Waals surface area contributed by atoms with Crippen LogP contribution in [0.4, 0.5) is 5.69 Å². The fraction of sp³-hybridized carbons (Fsp3) is 0.364. The Kier molecular flexibility index (Phi) is 7.87. The summed E-state index contributed by atoms with van der Waals surface area (Å²) in [7, 11) is 1.54. The molecule has 0 aliphatic carbocycles. The van der Waals surface area contributed by atoms with E-state index in [1.807, 2.05) is 25.1 Å². The highest BCUT2D eigenvalue weighted by Gasteiger charge is 2.18. The van der Waals surface area contributed by atoms with Crippen LogP contribution in [0.25, 0.3) is 0 Å². The molecule has 2 amide bonds. The average molecular weight is 384 g/mol. The van der Waals surface area contributed by atoms with Gasteiger partial charge in [-0.05, 0) is 43.2 Å². The highest BCUT2D eigenvalue weighted by molar-refractivity contribution is 6.00. The Morgan fingerprint density at radius 2 is 1.86 bits per heavy atom. The lowest BCUT2D eigenvalue weighted by atomic mass is 10.2. The van der Waals surface area contributed by atoms with E-state index in [0.717, 1.165) is 0 Å². The van der Waals surface area contributed by atoms with E-state index in [0.29, 0.717) is 41.8 Å². The second-order valence-electron chi connectivity index (χ2n) is 6.80. The molecule has 150 valence electrons. The summed E-state index contributed by atoms with van der Waals surface area (Å²) >= 11 is 0. The first-order valence-electron chi connectivity index (χ1n) is 9.39. The number of para-hydroxylation sites is 2. The molecule has 0 spiro atoms. The number of carbonyl (C=O) groups excluding carboxylic acids is 2. The molecule has 0 unspecified atom stereocenters. The molecule has 1 N–H and O–H groups in total. The summed E-state index contributed by atoms with van der Waals surface area (Å²) in [5, 5.41) is 2.79. The molecule has 0 saturated carbocycles. The number of carbonyl (C=O) groups is 2. The zero-order chi connectivity index (χ0) is 20.5. The smallest absolute Gasteiger partial charge is 0.254 e. The molecule has 0 saturated heterocycles. The van der Waals surface area contributed by atoms with Crippen molar-refractivity contribution >= 4 is 17.5 Å². The van der Waals surface area contributed by atoms with Crippen LogP contribution in [-0.2, 0) is 4.79 Å². The standard InChI is InChI=1S/C22H28N2O4/c1-5-24(14-21(25)23-19-11-6-7-12-20(19)27-4)22(26)17-9-8-10-18(13-17)28-15-16(2)3/h6-13,16H,5,14-15H2,1-4H3,(H,23,25). The minimum absolute atomic E-state index is 0.0511. The largest absolute Gasteiger partial charge is 0.495 e. The SMILES string of the molecule is CCN(CC(=O)Nc1ccccc1OC)C(=O)c1cccc(OCC(C)C)c1. The van der Waals surface area contributed by atoms with Gasteiger partial charge < -0.3 is 19.7 Å². The van der Waals surface area contributed by atoms with Crippen LogP contribution in [0.2, 0.25) is 0 Å². The fourth-order valence-electron chi connectivity index (χ4n) is 2.60. The van der Waals surface area contributed by atoms with E-state index < -0.39 is 0 Å². The number of hydrogen-bond acceptors (Lipinski definition) is 4. The molecule has 2 aromatic carbocycles. The van der Waals surface area contributed by atoms with Gasteiger partial charge in [0.1, 0.15) is 18.0 Å². The zero-order valence-corrected chi connectivity index (χ0v) is 16.9. The molecular weight excluding hydrogens is 356 g/mol. The number of amides is 2. The summed E-state index contributed by atoms with van der Waals surface area (Å²) in [6.07, 6.45) is 0. The van der Waals surface area contributed by atoms with Crippen molar-refractivity contribution in [3.8, 4) is 11.5 Å². The molecule has 0 atom stereocenters. The normalized spacial score (nSPS) is 10.5. The van der Waals surface area contributed by atoms with Gasteiger partial charge in [0.2, 0.25) is 5.91 Å². The predicted molar refractivity (Wildman–Crippen MR) is 110 cm³/mol. The van der Waals surface area contributed by atoms with Crippen LogP contribution in [0, 0.1) is 5.92 Å². The molecule has 2 aromatic rings. The van der Waals surface area contributed by atoms with E-state index in [4.69, 9.17) is 9.47 Å². The van der Waals surface area contributed by atoms with E-state index in [1.54, 1.807) is 37.4 Å². The molecule has 6 heteroatoms. The Morgan fingerprint density at radius 1 is 1.11 bits per heavy atom. The summed E-state index contributed by atoms with van der Waals surface area (Å²) in [5.74, 6) is 1.11. The van der Waals surface area contributed by atoms with Gasteiger partial charge in [-0.2, -0.15) is 0 Å². The molecule has 0 aliphatic heterocycles. The number of nitrogens with zero attached hydrogens (tertiary/aromatic N) is 1. The first-order valence-corrected chi connectivity index (χ1v) is 9.39. The quantitative estimate of drug-likeness (QED) is 0.713. The van der Waals surface area contributed by atoms with Gasteiger partial charge in [0.05, 0.1) is 19.4 Å². The number of nitrogens with one attached hydrogen (secondary N) is 1. The van der Waals surface area contributed by atoms with E-state index in [2.05, 4.69) is 19.2 Å². The van der Waals surface area contributed by atoms with Crippen LogP contribution in [0.5, 0.6) is 11.5 Å². The Bertz CT molecular complexity index is 805. The summed E-state index contributed by atoms with van der Waals surface area (Å²) in [6.45, 7) is 6.91. The molecule has 2 rings (SSSR count). The van der Waals surface area contributed by atoms with Crippen LogP contribution in [0.15, 0.2) is 48.5 Å². The number of rotatable bonds is 9. The Hall–Kier alpha value is -3.02. The van der Waals surface area contributed by atoms with Crippen molar-refractivity contribution in [1.29, 1.82) is 0 Å². The van der Waals surface area contributed by atoms with Gasteiger partial charge in [0.25, 0.3) is 5.91 Å². The minimum atomic E-state index is -0.285. The lowest BCUT2D eigenvalue weighted by Crippen LogP contribution is -2.37. The molecule has 0 aromatic heterocycles. The third kappa shape index (κ3) is 6.01. The number of likely N-dealkylation sites (N-methyl/N-ethyl adjacent to an activating group) is 1. The van der Waals surface area contributed by atoms with Gasteiger partial charge in [-0.3, -0.25) is 9.59 Å². The molecule has 0 fully saturated rings. The predicted octanol–water partition coefficient (Wildman–Crippen LogP) is 3.83. The van der Waals surface area contributed by atoms with Gasteiger partial charge in [0.15, 0.2) is 0 Å². The van der Waals surface area contributed by atoms with Crippen molar-refractivity contribution in [1.82, 2.24) is 4.90 Å². The van der Waals surface area contributed by atoms with E-state index in [1.165, 1.54) is 4.90 Å². The van der Waals surface area contributed by atoms with Crippen LogP contribution < -0.4 is 14.8 Å². The van der Waals surface area contributed by atoms with Crippen molar-refractivity contribution in [2.45, 2.75) is 20.8 Å². The molecule has 28 heavy (non-hydrogen) atoms. The van der Waals surface area contributed by atoms with Gasteiger partial charge >= 0.3 is 0 Å². The highest BCUT2D eigenvalue weighted by atomic mass is 16.5. The number of hydrogen-bond donors (Lipinski definition) is 1. The zero-order valence-electron chi connectivity index (χ0n) is 16.9. The molecule has 0 heterocycles. The first kappa shape index (κ1) is 21.3. The highest BCUT2D eigenvalue weighted by Crippen LogP contribution is 2.23. The maximum absolute atomic E-state index is 12.8. The third-order valence-corrected chi connectivity index (χ3v) is 4.05. The monoisotopic (exact) mass is 384 g/mol. The first-order chi connectivity index (χ1) is 13.4. The molecular formula is C22H28N2O4. The molecule has 0 bridgehead atoms. The number of methoxy groups -OCH3 is 1. The Morgan fingerprint density at radius 3 is 2.54 bits per heavy atom. The van der Waals surface area contributed by atoms with Crippen LogP contribution in [0.1, 0.15) is 31.1 Å². The van der Waals surface area contributed by atoms with Gasteiger partial charge in [-0.15, -0.1) is 0 Å². The lowest BCUT2D eigenvalue weighted by Gasteiger charge is -2.21. The maximum atomic E-state index is 12.8. The number of benzene rings is 2. The van der Waals surface area contributed by atoms with Crippen molar-refractivity contribution in [3.63, 3.8) is 0 Å². The lowest BCUT2D eigenvalue weighted by molar-refractivity contribution is -0.116. The van der Waals surface area contributed by atoms with E-state index >= 15 is 0 Å². The summed E-state index contributed by atoms with van der Waals surface area (Å²) in [4.78, 5) is 26.8. The van der Waals surface area contributed by atoms with Gasteiger partial charge in [0, 0.05) is 12.1 Å². The minimum Gasteiger partial charge on any atom is -0.495 e. The van der Waals surface area contributed by atoms with E-state index in [-0.39, 0.29) is 18.4 Å². The van der Waals surface area contributed by atoms with Gasteiger partial charge in [-0.25, -0.2) is 0 Å². The summed E-state index contributed by atoms with van der Waals surface area (Å²) in [6, 6.07) is 14.2. The van der Waals surface area contributed by atoms with Crippen molar-refractivity contribution in [2.75, 3.05) is 32.1 Å². The van der Waals surface area contributed by atoms with Gasteiger partial charge in [-0.1, -0.05) is 32.0 Å². The second kappa shape index (κ2) is 10.3. The van der Waals surface area contributed by atoms with Crippen LogP contribution >= 0.6 is 0 Å². The number of anilines is 1. The molecule has 0 radical (unpaired) electrons. The molecule has 0 aliphatic rings. The molecule has 6 nitrogen and oxygen atoms in total. The van der Waals surface area contributed by atoms with Crippen molar-refractivity contribution < 1.29 is 19.1 Å². The average Bonchev–Trinajstić information content (AvgIpc) is 2.70. The number of ether oxygens (including phenoxy) is 2. The van der Waals surface area contributed by atoms with Crippen molar-refractivity contribution in [3.05, 3.63) is 54.1 Å². The maximum Gasteiger partial charge on any atom is 0.254 e. The third-order valence-electron chi connectivity index (χ3n) is 4.05. The summed E-state index contributed by atoms with van der Waals surface area (Å²) in [5.41, 5.74) is 1.07. The Balaban J connectivity index is 2.05. The van der Waals surface area contributed by atoms with E-state index in [9.17, 15) is 9.59 Å². The summed E-state index contributed by atoms with van der Waals surface area (Å²) < 4.78 is 10.9. The topological polar surface area (TPSA) is 67.9 Å². The van der Waals surface area contributed by atoms with Crippen LogP contribution in [-0.4, -0.2) is 43.5 Å². The Labute approximate surface area is 166 Å². The fourth-order valence-corrected chi connectivity index (χ4v) is 2.60.